The van der Waals surface area contributed by atoms with E-state index in [9.17, 15) is 14.7 Å². The highest BCUT2D eigenvalue weighted by Crippen LogP contribution is 2.19. The van der Waals surface area contributed by atoms with E-state index >= 15 is 0 Å². The first-order valence-corrected chi connectivity index (χ1v) is 6.74. The fourth-order valence-corrected chi connectivity index (χ4v) is 1.65. The predicted octanol–water partition coefficient (Wildman–Crippen LogP) is 1.91. The van der Waals surface area contributed by atoms with Gasteiger partial charge in [0.25, 0.3) is 0 Å². The number of rotatable bonds is 7. The third kappa shape index (κ3) is 7.15. The Morgan fingerprint density at radius 3 is 1.68 bits per heavy atom. The first-order chi connectivity index (χ1) is 8.65. The van der Waals surface area contributed by atoms with E-state index in [4.69, 9.17) is 9.47 Å². The molecule has 0 amide bonds. The number of ether oxygens (including phenoxy) is 2. The zero-order valence-corrected chi connectivity index (χ0v) is 12.7. The van der Waals surface area contributed by atoms with Gasteiger partial charge in [0.15, 0.2) is 6.10 Å². The molecule has 0 spiro atoms. The Labute approximate surface area is 115 Å². The molecule has 19 heavy (non-hydrogen) atoms. The molecular weight excluding hydrogens is 248 g/mol. The minimum absolute atomic E-state index is 0.159. The number of aliphatic hydroxyl groups excluding tert-OH is 1. The Morgan fingerprint density at radius 2 is 1.32 bits per heavy atom. The Bertz CT molecular complexity index is 296. The van der Waals surface area contributed by atoms with Crippen LogP contribution in [0.3, 0.4) is 0 Å². The number of carbonyl (C=O) groups excluding carboxylic acids is 2. The van der Waals surface area contributed by atoms with Crippen molar-refractivity contribution >= 4 is 11.9 Å². The molecule has 0 fully saturated rings. The highest BCUT2D eigenvalue weighted by molar-refractivity contribution is 5.83. The second-order valence-corrected chi connectivity index (χ2v) is 5.65. The number of hydrogen-bond donors (Lipinski definition) is 1. The maximum atomic E-state index is 11.9. The molecule has 0 aliphatic heterocycles. The van der Waals surface area contributed by atoms with Crippen LogP contribution < -0.4 is 0 Å². The molecule has 5 nitrogen and oxygen atoms in total. The van der Waals surface area contributed by atoms with E-state index in [2.05, 4.69) is 0 Å². The molecule has 0 unspecified atom stereocenters. The monoisotopic (exact) mass is 274 g/mol. The molecule has 0 saturated heterocycles. The quantitative estimate of drug-likeness (QED) is 0.718. The summed E-state index contributed by atoms with van der Waals surface area (Å²) in [7, 11) is 0. The van der Waals surface area contributed by atoms with Crippen LogP contribution >= 0.6 is 0 Å². The van der Waals surface area contributed by atoms with Crippen LogP contribution in [0.1, 0.15) is 48.0 Å². The van der Waals surface area contributed by atoms with Crippen LogP contribution in [0.15, 0.2) is 0 Å². The molecule has 0 radical (unpaired) electrons. The lowest BCUT2D eigenvalue weighted by Gasteiger charge is -2.23. The molecule has 0 aromatic rings. The largest absolute Gasteiger partial charge is 0.463 e. The van der Waals surface area contributed by atoms with E-state index in [1.165, 1.54) is 0 Å². The van der Waals surface area contributed by atoms with E-state index in [-0.39, 0.29) is 18.1 Å². The van der Waals surface area contributed by atoms with Gasteiger partial charge in [-0.3, -0.25) is 4.79 Å². The van der Waals surface area contributed by atoms with Crippen LogP contribution in [-0.2, 0) is 19.1 Å². The normalized spacial score (nSPS) is 14.6. The van der Waals surface area contributed by atoms with Gasteiger partial charge in [0.05, 0.1) is 18.1 Å². The standard InChI is InChI=1S/C14H26O5/c1-8(2)7-11(13(16)18-9(3)4)12(15)14(17)19-10(5)6/h8-12,15H,7H2,1-6H3/t11-,12+/m0/s1. The van der Waals surface area contributed by atoms with Gasteiger partial charge in [-0.15, -0.1) is 0 Å². The zero-order chi connectivity index (χ0) is 15.2. The van der Waals surface area contributed by atoms with Crippen LogP contribution in [0.5, 0.6) is 0 Å². The maximum Gasteiger partial charge on any atom is 0.336 e. The topological polar surface area (TPSA) is 72.8 Å². The van der Waals surface area contributed by atoms with Gasteiger partial charge in [-0.05, 0) is 40.0 Å². The van der Waals surface area contributed by atoms with Gasteiger partial charge < -0.3 is 14.6 Å². The summed E-state index contributed by atoms with van der Waals surface area (Å²) < 4.78 is 10.0. The van der Waals surface area contributed by atoms with E-state index < -0.39 is 24.0 Å². The smallest absolute Gasteiger partial charge is 0.336 e. The predicted molar refractivity (Wildman–Crippen MR) is 71.4 cm³/mol. The van der Waals surface area contributed by atoms with Crippen LogP contribution in [-0.4, -0.2) is 35.4 Å². The third-order valence-corrected chi connectivity index (χ3v) is 2.35. The lowest BCUT2D eigenvalue weighted by atomic mass is 9.92. The minimum Gasteiger partial charge on any atom is -0.463 e. The van der Waals surface area contributed by atoms with Crippen LogP contribution in [0, 0.1) is 11.8 Å². The lowest BCUT2D eigenvalue weighted by molar-refractivity contribution is -0.171. The van der Waals surface area contributed by atoms with Crippen molar-refractivity contribution in [1.29, 1.82) is 0 Å². The average molecular weight is 274 g/mol. The Kier molecular flexibility index (Phi) is 7.68. The number of carbonyl (C=O) groups is 2. The molecule has 0 aromatic carbocycles. The molecule has 0 aromatic heterocycles. The summed E-state index contributed by atoms with van der Waals surface area (Å²) >= 11 is 0. The molecule has 0 aliphatic rings. The molecule has 112 valence electrons. The summed E-state index contributed by atoms with van der Waals surface area (Å²) in [6, 6.07) is 0. The van der Waals surface area contributed by atoms with Gasteiger partial charge >= 0.3 is 11.9 Å². The van der Waals surface area contributed by atoms with Gasteiger partial charge in [-0.1, -0.05) is 13.8 Å². The van der Waals surface area contributed by atoms with Crippen LogP contribution in [0.25, 0.3) is 0 Å². The van der Waals surface area contributed by atoms with E-state index in [1.54, 1.807) is 27.7 Å². The van der Waals surface area contributed by atoms with Crippen LogP contribution in [0.2, 0.25) is 0 Å². The van der Waals surface area contributed by atoms with Crippen molar-refractivity contribution in [3.05, 3.63) is 0 Å². The summed E-state index contributed by atoms with van der Waals surface area (Å²) in [5, 5.41) is 9.98. The summed E-state index contributed by atoms with van der Waals surface area (Å²) in [4.78, 5) is 23.6. The van der Waals surface area contributed by atoms with Crippen molar-refractivity contribution in [1.82, 2.24) is 0 Å². The maximum absolute atomic E-state index is 11.9. The van der Waals surface area contributed by atoms with E-state index in [1.807, 2.05) is 13.8 Å². The summed E-state index contributed by atoms with van der Waals surface area (Å²) in [6.45, 7) is 10.7. The van der Waals surface area contributed by atoms with Crippen LogP contribution in [0.4, 0.5) is 0 Å². The summed E-state index contributed by atoms with van der Waals surface area (Å²) in [6.07, 6.45) is -1.71. The first-order valence-electron chi connectivity index (χ1n) is 6.74. The Balaban J connectivity index is 4.82. The lowest BCUT2D eigenvalue weighted by Crippen LogP contribution is -2.39. The minimum atomic E-state index is -1.48. The fourth-order valence-electron chi connectivity index (χ4n) is 1.65. The third-order valence-electron chi connectivity index (χ3n) is 2.35. The molecule has 0 saturated carbocycles. The van der Waals surface area contributed by atoms with E-state index in [0.717, 1.165) is 0 Å². The highest BCUT2D eigenvalue weighted by atomic mass is 16.6. The molecule has 0 rings (SSSR count). The molecule has 0 bridgehead atoms. The van der Waals surface area contributed by atoms with Crippen molar-refractivity contribution in [2.24, 2.45) is 11.8 Å². The fraction of sp³-hybridized carbons (Fsp3) is 0.857. The number of hydrogen-bond acceptors (Lipinski definition) is 5. The van der Waals surface area contributed by atoms with Crippen molar-refractivity contribution in [3.8, 4) is 0 Å². The van der Waals surface area contributed by atoms with E-state index in [0.29, 0.717) is 6.42 Å². The second-order valence-electron chi connectivity index (χ2n) is 5.65. The van der Waals surface area contributed by atoms with Gasteiger partial charge in [0.2, 0.25) is 0 Å². The van der Waals surface area contributed by atoms with Crippen molar-refractivity contribution in [2.45, 2.75) is 66.3 Å². The molecule has 1 N–H and O–H groups in total. The van der Waals surface area contributed by atoms with Crippen molar-refractivity contribution in [3.63, 3.8) is 0 Å². The Hall–Kier alpha value is -1.10. The molecule has 0 aliphatic carbocycles. The van der Waals surface area contributed by atoms with Gasteiger partial charge in [0, 0.05) is 0 Å². The molecule has 0 heterocycles. The average Bonchev–Trinajstić information content (AvgIpc) is 2.22. The SMILES string of the molecule is CC(C)C[C@H](C(=O)OC(C)C)[C@@H](O)C(=O)OC(C)C. The summed E-state index contributed by atoms with van der Waals surface area (Å²) in [5.41, 5.74) is 0. The van der Waals surface area contributed by atoms with Crippen molar-refractivity contribution in [2.75, 3.05) is 0 Å². The first kappa shape index (κ1) is 17.9. The van der Waals surface area contributed by atoms with Crippen molar-refractivity contribution < 1.29 is 24.2 Å². The Morgan fingerprint density at radius 1 is 0.895 bits per heavy atom. The molecule has 5 heteroatoms. The second kappa shape index (κ2) is 8.15. The summed E-state index contributed by atoms with van der Waals surface area (Å²) in [5.74, 6) is -2.06. The number of esters is 2. The van der Waals surface area contributed by atoms with Gasteiger partial charge in [-0.2, -0.15) is 0 Å². The molecular formula is C14H26O5. The molecule has 2 atom stereocenters. The highest BCUT2D eigenvalue weighted by Gasteiger charge is 2.35. The zero-order valence-electron chi connectivity index (χ0n) is 12.7. The number of aliphatic hydroxyl groups is 1. The van der Waals surface area contributed by atoms with Gasteiger partial charge in [-0.25, -0.2) is 4.79 Å². The van der Waals surface area contributed by atoms with Gasteiger partial charge in [0.1, 0.15) is 0 Å².